The number of hydrogen-bond acceptors (Lipinski definition) is 6. The Balaban J connectivity index is 1.47. The van der Waals surface area contributed by atoms with Gasteiger partial charge in [0, 0.05) is 13.1 Å². The van der Waals surface area contributed by atoms with E-state index in [-0.39, 0.29) is 5.02 Å². The summed E-state index contributed by atoms with van der Waals surface area (Å²) in [6.45, 7) is 6.34. The lowest BCUT2D eigenvalue weighted by Crippen LogP contribution is -2.33. The van der Waals surface area contributed by atoms with Crippen LogP contribution in [0.1, 0.15) is 25.0 Å². The molecule has 4 aromatic rings. The number of hydrogen-bond donors (Lipinski definition) is 1. The molecule has 1 aliphatic rings. The van der Waals surface area contributed by atoms with Gasteiger partial charge in [-0.25, -0.2) is 4.98 Å². The van der Waals surface area contributed by atoms with E-state index in [2.05, 4.69) is 26.0 Å². The maximum Gasteiger partial charge on any atom is 0.295 e. The smallest absolute Gasteiger partial charge is 0.295 e. The first-order chi connectivity index (χ1) is 16.1. The Morgan fingerprint density at radius 3 is 2.55 bits per heavy atom. The second kappa shape index (κ2) is 8.78. The predicted molar refractivity (Wildman–Crippen MR) is 128 cm³/mol. The van der Waals surface area contributed by atoms with Gasteiger partial charge in [-0.2, -0.15) is 9.78 Å². The van der Waals surface area contributed by atoms with Crippen molar-refractivity contribution in [1.82, 2.24) is 19.7 Å². The molecule has 170 valence electrons. The zero-order chi connectivity index (χ0) is 22.9. The number of aromatic amines is 1. The van der Waals surface area contributed by atoms with E-state index in [4.69, 9.17) is 21.1 Å². The summed E-state index contributed by atoms with van der Waals surface area (Å²) in [4.78, 5) is 22.7. The molecule has 0 saturated heterocycles. The van der Waals surface area contributed by atoms with Gasteiger partial charge in [-0.15, -0.1) is 0 Å². The van der Waals surface area contributed by atoms with Crippen molar-refractivity contribution < 1.29 is 9.47 Å². The Bertz CT molecular complexity index is 1350. The molecule has 0 fully saturated rings. The lowest BCUT2D eigenvalue weighted by Gasteiger charge is -2.31. The van der Waals surface area contributed by atoms with Crippen molar-refractivity contribution in [3.8, 4) is 17.4 Å². The first-order valence-electron chi connectivity index (χ1n) is 11.0. The number of halogens is 1. The number of nitrogens with one attached hydrogen (secondary N) is 1. The number of nitrogens with zero attached hydrogens (tertiary/aromatic N) is 4. The zero-order valence-corrected chi connectivity index (χ0v) is 19.2. The topological polar surface area (TPSA) is 85.3 Å². The Kier molecular flexibility index (Phi) is 5.68. The maximum absolute atomic E-state index is 13.1. The number of para-hydroxylation sites is 2. The molecular formula is C24H24ClN5O3. The van der Waals surface area contributed by atoms with Crippen LogP contribution in [0, 0.1) is 0 Å². The van der Waals surface area contributed by atoms with Crippen LogP contribution in [-0.2, 0) is 13.0 Å². The number of rotatable bonds is 6. The number of imidazole rings is 1. The Morgan fingerprint density at radius 1 is 1.09 bits per heavy atom. The third-order valence-corrected chi connectivity index (χ3v) is 6.05. The molecule has 0 atom stereocenters. The molecule has 8 nitrogen and oxygen atoms in total. The number of H-pyrrole nitrogens is 1. The zero-order valence-electron chi connectivity index (χ0n) is 18.5. The van der Waals surface area contributed by atoms with E-state index >= 15 is 0 Å². The van der Waals surface area contributed by atoms with Crippen molar-refractivity contribution in [3.63, 3.8) is 0 Å². The average Bonchev–Trinajstić information content (AvgIpc) is 3.25. The molecule has 1 N–H and O–H groups in total. The molecule has 2 aromatic carbocycles. The first-order valence-corrected chi connectivity index (χ1v) is 11.4. The van der Waals surface area contributed by atoms with Gasteiger partial charge < -0.3 is 19.4 Å². The minimum Gasteiger partial charge on any atom is -0.490 e. The van der Waals surface area contributed by atoms with Gasteiger partial charge >= 0.3 is 0 Å². The second-order valence-corrected chi connectivity index (χ2v) is 8.12. The van der Waals surface area contributed by atoms with Crippen LogP contribution in [0.25, 0.3) is 17.0 Å². The highest BCUT2D eigenvalue weighted by Crippen LogP contribution is 2.35. The molecule has 33 heavy (non-hydrogen) atoms. The third kappa shape index (κ3) is 3.91. The summed E-state index contributed by atoms with van der Waals surface area (Å²) in [5, 5.41) is 4.48. The van der Waals surface area contributed by atoms with Crippen LogP contribution in [0.2, 0.25) is 5.02 Å². The maximum atomic E-state index is 13.1. The van der Waals surface area contributed by atoms with Crippen molar-refractivity contribution in [3.05, 3.63) is 69.1 Å². The third-order valence-electron chi connectivity index (χ3n) is 5.70. The molecule has 5 rings (SSSR count). The lowest BCUT2D eigenvalue weighted by atomic mass is 9.98. The Morgan fingerprint density at radius 2 is 1.82 bits per heavy atom. The fraction of sp³-hybridized carbons (Fsp3) is 0.292. The van der Waals surface area contributed by atoms with E-state index in [1.165, 1.54) is 10.2 Å². The standard InChI is InChI=1S/C24H24ClN5O3/c1-3-32-20-11-15-9-10-29(14-16(15)12-21(20)33-4-2)19-13-26-30(23(31)22(19)25)24-27-17-7-5-6-8-18(17)28-24/h5-8,11-13H,3-4,9-10,14H2,1-2H3,(H,27,28). The highest BCUT2D eigenvalue weighted by Gasteiger charge is 2.24. The van der Waals surface area contributed by atoms with Crippen LogP contribution >= 0.6 is 11.6 Å². The van der Waals surface area contributed by atoms with Crippen molar-refractivity contribution in [2.75, 3.05) is 24.7 Å². The number of aromatic nitrogens is 4. The fourth-order valence-electron chi connectivity index (χ4n) is 4.14. The second-order valence-electron chi connectivity index (χ2n) is 7.74. The number of fused-ring (bicyclic) bond motifs is 2. The van der Waals surface area contributed by atoms with Gasteiger partial charge in [-0.1, -0.05) is 23.7 Å². The van der Waals surface area contributed by atoms with Gasteiger partial charge in [0.2, 0.25) is 5.95 Å². The SMILES string of the molecule is CCOc1cc2c(cc1OCC)CN(c1cnn(-c3nc4ccccc4[nH]3)c(=O)c1Cl)CC2. The molecule has 3 heterocycles. The van der Waals surface area contributed by atoms with Crippen molar-refractivity contribution in [2.45, 2.75) is 26.8 Å². The van der Waals surface area contributed by atoms with Crippen LogP contribution in [0.3, 0.4) is 0 Å². The van der Waals surface area contributed by atoms with Gasteiger partial charge in [-0.3, -0.25) is 4.79 Å². The van der Waals surface area contributed by atoms with E-state index in [0.717, 1.165) is 34.5 Å². The van der Waals surface area contributed by atoms with E-state index in [1.807, 2.05) is 44.2 Å². The van der Waals surface area contributed by atoms with Crippen LogP contribution < -0.4 is 19.9 Å². The van der Waals surface area contributed by atoms with E-state index in [0.29, 0.717) is 37.9 Å². The molecule has 0 radical (unpaired) electrons. The monoisotopic (exact) mass is 465 g/mol. The average molecular weight is 466 g/mol. The van der Waals surface area contributed by atoms with E-state index in [1.54, 1.807) is 6.20 Å². The molecule has 2 aromatic heterocycles. The number of ether oxygens (including phenoxy) is 2. The van der Waals surface area contributed by atoms with Crippen LogP contribution in [0.15, 0.2) is 47.4 Å². The van der Waals surface area contributed by atoms with Crippen molar-refractivity contribution in [1.29, 1.82) is 0 Å². The van der Waals surface area contributed by atoms with Crippen molar-refractivity contribution in [2.24, 2.45) is 0 Å². The van der Waals surface area contributed by atoms with Crippen molar-refractivity contribution >= 4 is 28.3 Å². The Hall–Kier alpha value is -3.52. The first kappa shape index (κ1) is 21.3. The molecule has 0 amide bonds. The fourth-order valence-corrected chi connectivity index (χ4v) is 4.39. The van der Waals surface area contributed by atoms with Crippen LogP contribution in [0.4, 0.5) is 5.69 Å². The van der Waals surface area contributed by atoms with Gasteiger partial charge in [0.1, 0.15) is 5.02 Å². The predicted octanol–water partition coefficient (Wildman–Crippen LogP) is 4.12. The Labute approximate surface area is 195 Å². The summed E-state index contributed by atoms with van der Waals surface area (Å²) in [7, 11) is 0. The van der Waals surface area contributed by atoms with E-state index in [9.17, 15) is 4.79 Å². The minimum absolute atomic E-state index is 0.116. The molecule has 0 bridgehead atoms. The molecular weight excluding hydrogens is 442 g/mol. The molecule has 0 aliphatic carbocycles. The highest BCUT2D eigenvalue weighted by atomic mass is 35.5. The van der Waals surface area contributed by atoms with Crippen LogP contribution in [-0.4, -0.2) is 39.5 Å². The minimum atomic E-state index is -0.416. The molecule has 0 saturated carbocycles. The van der Waals surface area contributed by atoms with Gasteiger partial charge in [0.15, 0.2) is 11.5 Å². The van der Waals surface area contributed by atoms with Gasteiger partial charge in [0.25, 0.3) is 5.56 Å². The number of anilines is 1. The summed E-state index contributed by atoms with van der Waals surface area (Å²) in [5.41, 5.74) is 4.09. The highest BCUT2D eigenvalue weighted by molar-refractivity contribution is 6.33. The summed E-state index contributed by atoms with van der Waals surface area (Å²) >= 11 is 6.55. The van der Waals surface area contributed by atoms with E-state index < -0.39 is 5.56 Å². The summed E-state index contributed by atoms with van der Waals surface area (Å²) < 4.78 is 12.7. The van der Waals surface area contributed by atoms with Gasteiger partial charge in [0.05, 0.1) is 36.1 Å². The molecule has 0 unspecified atom stereocenters. The lowest BCUT2D eigenvalue weighted by molar-refractivity contribution is 0.287. The van der Waals surface area contributed by atoms with Gasteiger partial charge in [-0.05, 0) is 55.7 Å². The molecule has 1 aliphatic heterocycles. The summed E-state index contributed by atoms with van der Waals surface area (Å²) in [6.07, 6.45) is 2.42. The van der Waals surface area contributed by atoms with Crippen LogP contribution in [0.5, 0.6) is 11.5 Å². The summed E-state index contributed by atoms with van der Waals surface area (Å²) in [5.74, 6) is 1.83. The largest absolute Gasteiger partial charge is 0.490 e. The quantitative estimate of drug-likeness (QED) is 0.461. The molecule has 0 spiro atoms. The molecule has 9 heteroatoms. The summed E-state index contributed by atoms with van der Waals surface area (Å²) in [6, 6.07) is 11.6. The normalized spacial score (nSPS) is 13.2. The number of benzene rings is 2.